The summed E-state index contributed by atoms with van der Waals surface area (Å²) in [5, 5.41) is 3.24. The van der Waals surface area contributed by atoms with E-state index in [0.29, 0.717) is 29.2 Å². The molecule has 3 heteroatoms. The van der Waals surface area contributed by atoms with Gasteiger partial charge in [0, 0.05) is 47.4 Å². The lowest BCUT2D eigenvalue weighted by Gasteiger charge is -2.46. The second-order valence-corrected chi connectivity index (χ2v) is 8.59. The first kappa shape index (κ1) is 16.2. The molecule has 0 unspecified atom stereocenters. The molecule has 0 bridgehead atoms. The summed E-state index contributed by atoms with van der Waals surface area (Å²) < 4.78 is 0. The third-order valence-corrected chi connectivity index (χ3v) is 7.03. The van der Waals surface area contributed by atoms with Crippen LogP contribution in [0, 0.1) is 11.8 Å². The third kappa shape index (κ3) is 2.32. The van der Waals surface area contributed by atoms with Crippen LogP contribution >= 0.6 is 0 Å². The number of benzene rings is 2. The van der Waals surface area contributed by atoms with E-state index in [1.165, 1.54) is 23.2 Å². The zero-order valence-corrected chi connectivity index (χ0v) is 15.8. The lowest BCUT2D eigenvalue weighted by Crippen LogP contribution is -2.44. The molecule has 0 radical (unpaired) electrons. The van der Waals surface area contributed by atoms with E-state index in [1.54, 1.807) is 0 Å². The number of hydrogen-bond donors (Lipinski definition) is 1. The number of fused-ring (bicyclic) bond motifs is 4. The molecular formula is C25H24N2O. The number of carbonyl (C=O) groups excluding carboxylic acids is 1. The zero-order chi connectivity index (χ0) is 18.7. The minimum Gasteiger partial charge on any atom is -0.370 e. The van der Waals surface area contributed by atoms with Crippen LogP contribution in [0.3, 0.4) is 0 Å². The number of amides is 1. The summed E-state index contributed by atoms with van der Waals surface area (Å²) in [4.78, 5) is 15.5. The van der Waals surface area contributed by atoms with Crippen molar-refractivity contribution in [1.82, 2.24) is 0 Å². The van der Waals surface area contributed by atoms with Crippen LogP contribution in [0.15, 0.2) is 66.8 Å². The van der Waals surface area contributed by atoms with Crippen molar-refractivity contribution in [3.63, 3.8) is 0 Å². The van der Waals surface area contributed by atoms with Gasteiger partial charge < -0.3 is 10.2 Å². The Morgan fingerprint density at radius 1 is 0.893 bits per heavy atom. The lowest BCUT2D eigenvalue weighted by molar-refractivity contribution is 0.102. The maximum Gasteiger partial charge on any atom is 0.255 e. The van der Waals surface area contributed by atoms with E-state index in [-0.39, 0.29) is 5.91 Å². The van der Waals surface area contributed by atoms with Crippen molar-refractivity contribution < 1.29 is 4.79 Å². The normalized spacial score (nSPS) is 28.6. The minimum atomic E-state index is -0.0260. The van der Waals surface area contributed by atoms with Crippen LogP contribution in [0.1, 0.15) is 46.2 Å². The van der Waals surface area contributed by atoms with Crippen molar-refractivity contribution in [3.05, 3.63) is 83.5 Å². The molecule has 140 valence electrons. The summed E-state index contributed by atoms with van der Waals surface area (Å²) in [6.07, 6.45) is 11.8. The number of allylic oxidation sites excluding steroid dienone is 4. The molecule has 4 atom stereocenters. The Morgan fingerprint density at radius 2 is 1.61 bits per heavy atom. The highest BCUT2D eigenvalue weighted by Gasteiger charge is 2.43. The quantitative estimate of drug-likeness (QED) is 0.749. The van der Waals surface area contributed by atoms with Crippen LogP contribution in [0.4, 0.5) is 11.4 Å². The number of carbonyl (C=O) groups is 1. The largest absolute Gasteiger partial charge is 0.370 e. The van der Waals surface area contributed by atoms with E-state index >= 15 is 0 Å². The van der Waals surface area contributed by atoms with Crippen LogP contribution in [-0.2, 0) is 0 Å². The van der Waals surface area contributed by atoms with E-state index in [0.717, 1.165) is 25.2 Å². The molecular weight excluding hydrogens is 344 g/mol. The smallest absolute Gasteiger partial charge is 0.255 e. The molecule has 2 aromatic carbocycles. The number of anilines is 2. The van der Waals surface area contributed by atoms with E-state index in [1.807, 2.05) is 30.3 Å². The van der Waals surface area contributed by atoms with Crippen molar-refractivity contribution in [3.8, 4) is 0 Å². The monoisotopic (exact) mass is 368 g/mol. The van der Waals surface area contributed by atoms with Gasteiger partial charge in [0.05, 0.1) is 0 Å². The summed E-state index contributed by atoms with van der Waals surface area (Å²) >= 11 is 0. The van der Waals surface area contributed by atoms with Gasteiger partial charge in [0.15, 0.2) is 0 Å². The first-order valence-corrected chi connectivity index (χ1v) is 10.4. The van der Waals surface area contributed by atoms with Gasteiger partial charge in [0.2, 0.25) is 0 Å². The highest BCUT2D eigenvalue weighted by Crippen LogP contribution is 2.54. The summed E-state index contributed by atoms with van der Waals surface area (Å²) in [5.74, 6) is 2.25. The molecule has 1 amide bonds. The summed E-state index contributed by atoms with van der Waals surface area (Å²) in [6, 6.07) is 13.9. The predicted molar refractivity (Wildman–Crippen MR) is 113 cm³/mol. The minimum absolute atomic E-state index is 0.0260. The summed E-state index contributed by atoms with van der Waals surface area (Å²) in [5.41, 5.74) is 5.88. The Bertz CT molecular complexity index is 1000. The van der Waals surface area contributed by atoms with Gasteiger partial charge >= 0.3 is 0 Å². The van der Waals surface area contributed by atoms with Gasteiger partial charge in [-0.3, -0.25) is 4.79 Å². The molecule has 0 spiro atoms. The number of rotatable bonds is 2. The molecule has 0 saturated carbocycles. The fourth-order valence-electron chi connectivity index (χ4n) is 5.77. The molecule has 0 saturated heterocycles. The summed E-state index contributed by atoms with van der Waals surface area (Å²) in [6.45, 7) is 2.27. The van der Waals surface area contributed by atoms with Crippen molar-refractivity contribution in [1.29, 1.82) is 0 Å². The van der Waals surface area contributed by atoms with E-state index < -0.39 is 0 Å². The molecule has 0 fully saturated rings. The Kier molecular flexibility index (Phi) is 3.52. The van der Waals surface area contributed by atoms with Gasteiger partial charge in [-0.15, -0.1) is 0 Å². The van der Waals surface area contributed by atoms with E-state index in [9.17, 15) is 4.79 Å². The van der Waals surface area contributed by atoms with Crippen molar-refractivity contribution in [2.45, 2.75) is 24.7 Å². The van der Waals surface area contributed by atoms with Crippen molar-refractivity contribution in [2.24, 2.45) is 11.8 Å². The SMILES string of the molecule is O=C(Nc1ccc2c3c1[C@@H]1C=CC[C@@H]1CN3C[C@@H]1CC=C[C@H]21)c1ccccc1. The van der Waals surface area contributed by atoms with Gasteiger partial charge in [-0.1, -0.05) is 48.6 Å². The lowest BCUT2D eigenvalue weighted by atomic mass is 9.74. The fourth-order valence-corrected chi connectivity index (χ4v) is 5.77. The van der Waals surface area contributed by atoms with Gasteiger partial charge in [-0.05, 0) is 48.4 Å². The van der Waals surface area contributed by atoms with Gasteiger partial charge in [0.1, 0.15) is 0 Å². The number of nitrogens with zero attached hydrogens (tertiary/aromatic N) is 1. The fraction of sp³-hybridized carbons (Fsp3) is 0.320. The van der Waals surface area contributed by atoms with E-state index in [4.69, 9.17) is 0 Å². The average molecular weight is 368 g/mol. The highest BCUT2D eigenvalue weighted by atomic mass is 16.1. The van der Waals surface area contributed by atoms with Crippen LogP contribution in [0.25, 0.3) is 0 Å². The highest BCUT2D eigenvalue weighted by molar-refractivity contribution is 6.05. The molecule has 6 rings (SSSR count). The van der Waals surface area contributed by atoms with Crippen LogP contribution in [0.5, 0.6) is 0 Å². The molecule has 4 aliphatic rings. The molecule has 3 nitrogen and oxygen atoms in total. The first-order chi connectivity index (χ1) is 13.8. The number of hydrogen-bond acceptors (Lipinski definition) is 2. The molecule has 28 heavy (non-hydrogen) atoms. The molecule has 2 aliphatic heterocycles. The molecule has 1 N–H and O–H groups in total. The van der Waals surface area contributed by atoms with E-state index in [2.05, 4.69) is 46.7 Å². The predicted octanol–water partition coefficient (Wildman–Crippen LogP) is 5.09. The third-order valence-electron chi connectivity index (χ3n) is 7.03. The Balaban J connectivity index is 1.47. The van der Waals surface area contributed by atoms with Gasteiger partial charge in [0.25, 0.3) is 5.91 Å². The Labute approximate surface area is 165 Å². The van der Waals surface area contributed by atoms with Crippen molar-refractivity contribution >= 4 is 17.3 Å². The van der Waals surface area contributed by atoms with Crippen LogP contribution < -0.4 is 10.2 Å². The van der Waals surface area contributed by atoms with Crippen LogP contribution in [-0.4, -0.2) is 19.0 Å². The van der Waals surface area contributed by atoms with Gasteiger partial charge in [-0.2, -0.15) is 0 Å². The molecule has 2 aromatic rings. The summed E-state index contributed by atoms with van der Waals surface area (Å²) in [7, 11) is 0. The molecule has 2 aliphatic carbocycles. The Morgan fingerprint density at radius 3 is 2.39 bits per heavy atom. The zero-order valence-electron chi connectivity index (χ0n) is 15.8. The average Bonchev–Trinajstić information content (AvgIpc) is 3.39. The second-order valence-electron chi connectivity index (χ2n) is 8.59. The first-order valence-electron chi connectivity index (χ1n) is 10.4. The standard InChI is InChI=1S/C25H24N2O/c28-25(16-6-2-1-3-7-16)26-22-13-12-21-19-10-4-8-17(19)14-27-15-18-9-5-11-20(18)23(22)24(21)27/h1-7,10-13,17-20H,8-9,14-15H2,(H,26,28)/t17-,18+,19-,20+/m0/s1. The van der Waals surface area contributed by atoms with Gasteiger partial charge in [-0.25, -0.2) is 0 Å². The Hall–Kier alpha value is -2.81. The topological polar surface area (TPSA) is 32.3 Å². The molecule has 0 aromatic heterocycles. The maximum atomic E-state index is 12.9. The number of nitrogens with one attached hydrogen (secondary N) is 1. The maximum absolute atomic E-state index is 12.9. The second kappa shape index (κ2) is 6.10. The van der Waals surface area contributed by atoms with Crippen LogP contribution in [0.2, 0.25) is 0 Å². The molecule has 2 heterocycles. The van der Waals surface area contributed by atoms with Crippen molar-refractivity contribution in [2.75, 3.05) is 23.3 Å².